The van der Waals surface area contributed by atoms with Crippen LogP contribution in [0.3, 0.4) is 0 Å². The Morgan fingerprint density at radius 1 is 1.22 bits per heavy atom. The van der Waals surface area contributed by atoms with Crippen LogP contribution in [-0.4, -0.2) is 33.0 Å². The average Bonchev–Trinajstić information content (AvgIpc) is 2.43. The molecular formula is C14H21NO3. The summed E-state index contributed by atoms with van der Waals surface area (Å²) < 4.78 is 16.3. The zero-order chi connectivity index (χ0) is 13.0. The average molecular weight is 251 g/mol. The minimum absolute atomic E-state index is 0.213. The maximum Gasteiger partial charge on any atom is 0.161 e. The van der Waals surface area contributed by atoms with E-state index in [0.717, 1.165) is 18.0 Å². The van der Waals surface area contributed by atoms with Crippen LogP contribution in [0.4, 0.5) is 0 Å². The summed E-state index contributed by atoms with van der Waals surface area (Å²) in [6.45, 7) is 6.26. The maximum absolute atomic E-state index is 5.58. The second-order valence-corrected chi connectivity index (χ2v) is 4.58. The fourth-order valence-corrected chi connectivity index (χ4v) is 1.87. The second kappa shape index (κ2) is 6.07. The summed E-state index contributed by atoms with van der Waals surface area (Å²) in [6.07, 6.45) is 0.213. The van der Waals surface area contributed by atoms with Crippen molar-refractivity contribution in [2.24, 2.45) is 0 Å². The first-order valence-electron chi connectivity index (χ1n) is 6.36. The molecule has 1 aromatic rings. The van der Waals surface area contributed by atoms with Gasteiger partial charge < -0.3 is 19.5 Å². The van der Waals surface area contributed by atoms with Crippen molar-refractivity contribution in [2.45, 2.75) is 26.0 Å². The van der Waals surface area contributed by atoms with Gasteiger partial charge in [0.05, 0.1) is 6.10 Å². The van der Waals surface area contributed by atoms with Gasteiger partial charge in [0.1, 0.15) is 13.2 Å². The highest BCUT2D eigenvalue weighted by Gasteiger charge is 2.14. The van der Waals surface area contributed by atoms with E-state index in [-0.39, 0.29) is 12.1 Å². The van der Waals surface area contributed by atoms with Crippen molar-refractivity contribution in [2.75, 3.05) is 26.9 Å². The maximum atomic E-state index is 5.58. The van der Waals surface area contributed by atoms with Crippen molar-refractivity contribution < 1.29 is 14.2 Å². The Morgan fingerprint density at radius 2 is 1.94 bits per heavy atom. The van der Waals surface area contributed by atoms with Crippen molar-refractivity contribution in [3.05, 3.63) is 23.8 Å². The highest BCUT2D eigenvalue weighted by atomic mass is 16.6. The molecule has 0 bridgehead atoms. The lowest BCUT2D eigenvalue weighted by Gasteiger charge is -2.21. The van der Waals surface area contributed by atoms with Gasteiger partial charge in [0.2, 0.25) is 0 Å². The largest absolute Gasteiger partial charge is 0.486 e. The van der Waals surface area contributed by atoms with Gasteiger partial charge in [-0.3, -0.25) is 0 Å². The number of benzene rings is 1. The van der Waals surface area contributed by atoms with Crippen LogP contribution in [-0.2, 0) is 4.74 Å². The van der Waals surface area contributed by atoms with Crippen LogP contribution in [0.15, 0.2) is 18.2 Å². The molecule has 0 saturated carbocycles. The normalized spacial score (nSPS) is 17.3. The molecule has 0 aromatic heterocycles. The standard InChI is InChI=1S/C14H21NO3/c1-10(16-3)9-15-11(2)12-4-5-13-14(8-12)18-7-6-17-13/h4-5,8,10-11,15H,6-7,9H2,1-3H3. The fourth-order valence-electron chi connectivity index (χ4n) is 1.87. The first-order chi connectivity index (χ1) is 8.70. The second-order valence-electron chi connectivity index (χ2n) is 4.58. The van der Waals surface area contributed by atoms with Crippen LogP contribution in [0, 0.1) is 0 Å². The van der Waals surface area contributed by atoms with Gasteiger partial charge in [0.25, 0.3) is 0 Å². The molecule has 0 fully saturated rings. The molecular weight excluding hydrogens is 230 g/mol. The number of methoxy groups -OCH3 is 1. The Balaban J connectivity index is 1.99. The van der Waals surface area contributed by atoms with E-state index in [9.17, 15) is 0 Å². The van der Waals surface area contributed by atoms with Crippen LogP contribution in [0.1, 0.15) is 25.5 Å². The summed E-state index contributed by atoms with van der Waals surface area (Å²) in [5, 5.41) is 3.44. The lowest BCUT2D eigenvalue weighted by molar-refractivity contribution is 0.115. The number of nitrogens with one attached hydrogen (secondary N) is 1. The molecule has 0 aliphatic carbocycles. The Labute approximate surface area is 108 Å². The molecule has 4 heteroatoms. The van der Waals surface area contributed by atoms with E-state index in [1.807, 2.05) is 19.1 Å². The summed E-state index contributed by atoms with van der Waals surface area (Å²) in [6, 6.07) is 6.35. The molecule has 1 heterocycles. The number of fused-ring (bicyclic) bond motifs is 1. The monoisotopic (exact) mass is 251 g/mol. The van der Waals surface area contributed by atoms with Gasteiger partial charge in [-0.2, -0.15) is 0 Å². The van der Waals surface area contributed by atoms with E-state index >= 15 is 0 Å². The fraction of sp³-hybridized carbons (Fsp3) is 0.571. The Kier molecular flexibility index (Phi) is 4.44. The molecule has 1 aliphatic heterocycles. The lowest BCUT2D eigenvalue weighted by atomic mass is 10.1. The third-order valence-corrected chi connectivity index (χ3v) is 3.18. The minimum atomic E-state index is 0.213. The number of hydrogen-bond acceptors (Lipinski definition) is 4. The first-order valence-corrected chi connectivity index (χ1v) is 6.36. The van der Waals surface area contributed by atoms with E-state index in [1.165, 1.54) is 5.56 Å². The number of rotatable bonds is 5. The Bertz CT molecular complexity index is 395. The molecule has 1 aliphatic rings. The molecule has 0 radical (unpaired) electrons. The number of ether oxygens (including phenoxy) is 3. The molecule has 0 spiro atoms. The third-order valence-electron chi connectivity index (χ3n) is 3.18. The van der Waals surface area contributed by atoms with Crippen molar-refractivity contribution in [3.63, 3.8) is 0 Å². The zero-order valence-corrected chi connectivity index (χ0v) is 11.2. The smallest absolute Gasteiger partial charge is 0.161 e. The van der Waals surface area contributed by atoms with Crippen molar-refractivity contribution in [1.82, 2.24) is 5.32 Å². The Hall–Kier alpha value is -1.26. The van der Waals surface area contributed by atoms with Crippen molar-refractivity contribution >= 4 is 0 Å². The van der Waals surface area contributed by atoms with Crippen LogP contribution in [0.25, 0.3) is 0 Å². The molecule has 0 saturated heterocycles. The summed E-state index contributed by atoms with van der Waals surface area (Å²) in [4.78, 5) is 0. The van der Waals surface area contributed by atoms with Gasteiger partial charge in [0, 0.05) is 19.7 Å². The molecule has 4 nitrogen and oxygen atoms in total. The number of hydrogen-bond donors (Lipinski definition) is 1. The quantitative estimate of drug-likeness (QED) is 0.870. The van der Waals surface area contributed by atoms with Gasteiger partial charge >= 0.3 is 0 Å². The van der Waals surface area contributed by atoms with Gasteiger partial charge in [-0.05, 0) is 31.5 Å². The van der Waals surface area contributed by atoms with Crippen LogP contribution >= 0.6 is 0 Å². The van der Waals surface area contributed by atoms with E-state index in [2.05, 4.69) is 18.3 Å². The van der Waals surface area contributed by atoms with E-state index in [1.54, 1.807) is 7.11 Å². The van der Waals surface area contributed by atoms with Crippen molar-refractivity contribution in [1.29, 1.82) is 0 Å². The molecule has 18 heavy (non-hydrogen) atoms. The molecule has 100 valence electrons. The topological polar surface area (TPSA) is 39.7 Å². The van der Waals surface area contributed by atoms with Gasteiger partial charge in [0.15, 0.2) is 11.5 Å². The highest BCUT2D eigenvalue weighted by Crippen LogP contribution is 2.32. The zero-order valence-electron chi connectivity index (χ0n) is 11.2. The van der Waals surface area contributed by atoms with E-state index < -0.39 is 0 Å². The van der Waals surface area contributed by atoms with Gasteiger partial charge in [-0.1, -0.05) is 6.07 Å². The van der Waals surface area contributed by atoms with E-state index in [4.69, 9.17) is 14.2 Å². The summed E-state index contributed by atoms with van der Waals surface area (Å²) in [7, 11) is 1.72. The molecule has 1 aromatic carbocycles. The predicted molar refractivity (Wildman–Crippen MR) is 70.3 cm³/mol. The SMILES string of the molecule is COC(C)CNC(C)c1ccc2c(c1)OCCO2. The lowest BCUT2D eigenvalue weighted by Crippen LogP contribution is -2.28. The third kappa shape index (κ3) is 3.15. The molecule has 1 N–H and O–H groups in total. The van der Waals surface area contributed by atoms with Crippen molar-refractivity contribution in [3.8, 4) is 11.5 Å². The van der Waals surface area contributed by atoms with Crippen LogP contribution in [0.2, 0.25) is 0 Å². The molecule has 2 atom stereocenters. The van der Waals surface area contributed by atoms with Crippen LogP contribution in [0.5, 0.6) is 11.5 Å². The van der Waals surface area contributed by atoms with Crippen LogP contribution < -0.4 is 14.8 Å². The first kappa shape index (κ1) is 13.2. The summed E-state index contributed by atoms with van der Waals surface area (Å²) in [5.74, 6) is 1.68. The summed E-state index contributed by atoms with van der Waals surface area (Å²) in [5.41, 5.74) is 1.20. The Morgan fingerprint density at radius 3 is 2.67 bits per heavy atom. The van der Waals surface area contributed by atoms with Gasteiger partial charge in [-0.25, -0.2) is 0 Å². The van der Waals surface area contributed by atoms with E-state index in [0.29, 0.717) is 13.2 Å². The minimum Gasteiger partial charge on any atom is -0.486 e. The molecule has 2 unspecified atom stereocenters. The predicted octanol–water partition coefficient (Wildman–Crippen LogP) is 2.14. The van der Waals surface area contributed by atoms with Gasteiger partial charge in [-0.15, -0.1) is 0 Å². The molecule has 2 rings (SSSR count). The summed E-state index contributed by atoms with van der Waals surface area (Å²) >= 11 is 0. The molecule has 0 amide bonds. The highest BCUT2D eigenvalue weighted by molar-refractivity contribution is 5.44.